The number of nitrogens with two attached hydrogens (primary N) is 1. The van der Waals surface area contributed by atoms with Crippen molar-refractivity contribution in [3.8, 4) is 0 Å². The fourth-order valence-electron chi connectivity index (χ4n) is 1.92. The maximum atomic E-state index is 5.55. The van der Waals surface area contributed by atoms with Gasteiger partial charge in [0.2, 0.25) is 0 Å². The zero-order valence-electron chi connectivity index (χ0n) is 11.0. The molecule has 0 aromatic heterocycles. The number of halogens is 1. The fourth-order valence-corrected chi connectivity index (χ4v) is 1.92. The largest absolute Gasteiger partial charge is 0.370 e. The Labute approximate surface area is 122 Å². The van der Waals surface area contributed by atoms with Crippen LogP contribution in [0.3, 0.4) is 0 Å². The lowest BCUT2D eigenvalue weighted by Gasteiger charge is -2.19. The Morgan fingerprint density at radius 3 is 2.76 bits per heavy atom. The summed E-state index contributed by atoms with van der Waals surface area (Å²) in [5.74, 6) is 0.538. The van der Waals surface area contributed by atoms with E-state index in [9.17, 15) is 0 Å². The van der Waals surface area contributed by atoms with E-state index >= 15 is 0 Å². The predicted molar refractivity (Wildman–Crippen MR) is 84.1 cm³/mol. The van der Waals surface area contributed by atoms with Crippen molar-refractivity contribution in [2.75, 3.05) is 53.4 Å². The van der Waals surface area contributed by atoms with Crippen LogP contribution >= 0.6 is 24.0 Å². The van der Waals surface area contributed by atoms with Gasteiger partial charge in [0.15, 0.2) is 5.96 Å². The molecule has 1 rings (SSSR count). The molecule has 1 aliphatic heterocycles. The summed E-state index contributed by atoms with van der Waals surface area (Å²) in [4.78, 5) is 8.80. The van der Waals surface area contributed by atoms with Gasteiger partial charge in [-0.1, -0.05) is 0 Å². The smallest absolute Gasteiger partial charge is 0.188 e. The van der Waals surface area contributed by atoms with E-state index in [4.69, 9.17) is 5.73 Å². The molecular formula is C11H26IN5. The first-order valence-electron chi connectivity index (χ1n) is 6.09. The van der Waals surface area contributed by atoms with Crippen LogP contribution in [-0.4, -0.2) is 69.1 Å². The number of nitrogens with zero attached hydrogens (tertiary/aromatic N) is 3. The van der Waals surface area contributed by atoms with E-state index in [0.717, 1.165) is 19.5 Å². The molecule has 0 aromatic rings. The minimum atomic E-state index is 0. The molecule has 1 heterocycles. The Bertz CT molecular complexity index is 222. The van der Waals surface area contributed by atoms with Crippen molar-refractivity contribution in [2.24, 2.45) is 10.7 Å². The molecule has 0 unspecified atom stereocenters. The van der Waals surface area contributed by atoms with E-state index < -0.39 is 0 Å². The van der Waals surface area contributed by atoms with Crippen molar-refractivity contribution >= 4 is 29.9 Å². The summed E-state index contributed by atoms with van der Waals surface area (Å²) in [7, 11) is 3.90. The highest BCUT2D eigenvalue weighted by Crippen LogP contribution is 2.01. The number of guanidine groups is 1. The zero-order valence-corrected chi connectivity index (χ0v) is 13.3. The Kier molecular flexibility index (Phi) is 9.85. The second-order valence-corrected chi connectivity index (χ2v) is 4.39. The lowest BCUT2D eigenvalue weighted by Crippen LogP contribution is -2.35. The summed E-state index contributed by atoms with van der Waals surface area (Å²) in [5.41, 5.74) is 5.55. The molecule has 0 atom stereocenters. The highest BCUT2D eigenvalue weighted by molar-refractivity contribution is 14.0. The van der Waals surface area contributed by atoms with Crippen molar-refractivity contribution in [2.45, 2.75) is 12.8 Å². The van der Waals surface area contributed by atoms with Gasteiger partial charge in [-0.15, -0.1) is 24.0 Å². The van der Waals surface area contributed by atoms with Crippen LogP contribution in [0.1, 0.15) is 12.8 Å². The van der Waals surface area contributed by atoms with Crippen molar-refractivity contribution in [1.29, 1.82) is 0 Å². The van der Waals surface area contributed by atoms with Crippen LogP contribution in [0.2, 0.25) is 0 Å². The maximum Gasteiger partial charge on any atom is 0.188 e. The number of hydrogen-bond acceptors (Lipinski definition) is 3. The molecule has 5 nitrogen and oxygen atoms in total. The molecule has 0 radical (unpaired) electrons. The Hall–Kier alpha value is -0.0800. The van der Waals surface area contributed by atoms with E-state index in [1.165, 1.54) is 32.6 Å². The summed E-state index contributed by atoms with van der Waals surface area (Å²) < 4.78 is 0. The first kappa shape index (κ1) is 16.9. The fraction of sp³-hybridized carbons (Fsp3) is 0.909. The normalized spacial score (nSPS) is 19.5. The molecule has 3 N–H and O–H groups in total. The average Bonchev–Trinajstić information content (AvgIpc) is 2.49. The van der Waals surface area contributed by atoms with Crippen LogP contribution in [0.15, 0.2) is 4.99 Å². The monoisotopic (exact) mass is 355 g/mol. The van der Waals surface area contributed by atoms with Crippen LogP contribution in [0.4, 0.5) is 0 Å². The second-order valence-electron chi connectivity index (χ2n) is 4.39. The molecule has 1 saturated heterocycles. The van der Waals surface area contributed by atoms with Gasteiger partial charge in [-0.05, 0) is 39.5 Å². The van der Waals surface area contributed by atoms with Gasteiger partial charge >= 0.3 is 0 Å². The van der Waals surface area contributed by atoms with Crippen LogP contribution in [-0.2, 0) is 0 Å². The standard InChI is InChI=1S/C11H25N5.HI/c1-13-11(12)14-5-3-7-16-8-4-6-15(2)9-10-16;/h3-10H2,1-2H3,(H3,12,13,14);1H. The Morgan fingerprint density at radius 2 is 2.06 bits per heavy atom. The lowest BCUT2D eigenvalue weighted by molar-refractivity contribution is 0.274. The molecule has 0 aliphatic carbocycles. The summed E-state index contributed by atoms with van der Waals surface area (Å²) in [6.45, 7) is 6.89. The highest BCUT2D eigenvalue weighted by atomic mass is 127. The van der Waals surface area contributed by atoms with Crippen LogP contribution < -0.4 is 11.1 Å². The van der Waals surface area contributed by atoms with Gasteiger partial charge in [0.25, 0.3) is 0 Å². The van der Waals surface area contributed by atoms with E-state index in [0.29, 0.717) is 5.96 Å². The van der Waals surface area contributed by atoms with Gasteiger partial charge in [0.1, 0.15) is 0 Å². The maximum absolute atomic E-state index is 5.55. The molecule has 0 spiro atoms. The van der Waals surface area contributed by atoms with E-state index in [1.54, 1.807) is 7.05 Å². The molecule has 6 heteroatoms. The van der Waals surface area contributed by atoms with Crippen molar-refractivity contribution in [3.05, 3.63) is 0 Å². The molecule has 17 heavy (non-hydrogen) atoms. The third kappa shape index (κ3) is 7.77. The average molecular weight is 355 g/mol. The van der Waals surface area contributed by atoms with Gasteiger partial charge in [0.05, 0.1) is 0 Å². The SMILES string of the molecule is CN=C(N)NCCCN1CCCN(C)CC1.I. The first-order valence-corrected chi connectivity index (χ1v) is 6.09. The Morgan fingerprint density at radius 1 is 1.29 bits per heavy atom. The number of nitrogens with one attached hydrogen (secondary N) is 1. The summed E-state index contributed by atoms with van der Waals surface area (Å²) in [5, 5.41) is 3.09. The molecule has 1 fully saturated rings. The van der Waals surface area contributed by atoms with Gasteiger partial charge in [-0.25, -0.2) is 0 Å². The van der Waals surface area contributed by atoms with Crippen molar-refractivity contribution in [3.63, 3.8) is 0 Å². The van der Waals surface area contributed by atoms with Crippen molar-refractivity contribution in [1.82, 2.24) is 15.1 Å². The molecule has 0 aromatic carbocycles. The summed E-state index contributed by atoms with van der Waals surface area (Å²) >= 11 is 0. The number of aliphatic imine (C=N–C) groups is 1. The van der Waals surface area contributed by atoms with Crippen LogP contribution in [0.5, 0.6) is 0 Å². The topological polar surface area (TPSA) is 56.9 Å². The van der Waals surface area contributed by atoms with E-state index in [-0.39, 0.29) is 24.0 Å². The molecule has 102 valence electrons. The summed E-state index contributed by atoms with van der Waals surface area (Å²) in [6, 6.07) is 0. The Balaban J connectivity index is 0.00000256. The van der Waals surface area contributed by atoms with Crippen LogP contribution in [0, 0.1) is 0 Å². The molecule has 0 bridgehead atoms. The van der Waals surface area contributed by atoms with Gasteiger partial charge in [-0.2, -0.15) is 0 Å². The predicted octanol–water partition coefficient (Wildman–Crippen LogP) is 0.166. The van der Waals surface area contributed by atoms with Gasteiger partial charge in [-0.3, -0.25) is 4.99 Å². The zero-order chi connectivity index (χ0) is 11.8. The third-order valence-corrected chi connectivity index (χ3v) is 3.01. The first-order chi connectivity index (χ1) is 7.72. The molecular weight excluding hydrogens is 329 g/mol. The van der Waals surface area contributed by atoms with Crippen molar-refractivity contribution < 1.29 is 0 Å². The molecule has 0 saturated carbocycles. The number of hydrogen-bond donors (Lipinski definition) is 2. The highest BCUT2D eigenvalue weighted by Gasteiger charge is 2.10. The third-order valence-electron chi connectivity index (χ3n) is 3.01. The van der Waals surface area contributed by atoms with Gasteiger partial charge < -0.3 is 20.9 Å². The van der Waals surface area contributed by atoms with E-state index in [2.05, 4.69) is 27.2 Å². The van der Waals surface area contributed by atoms with Crippen LogP contribution in [0.25, 0.3) is 0 Å². The van der Waals surface area contributed by atoms with E-state index in [1.807, 2.05) is 0 Å². The second kappa shape index (κ2) is 9.90. The quantitative estimate of drug-likeness (QED) is 0.327. The minimum absolute atomic E-state index is 0. The minimum Gasteiger partial charge on any atom is -0.370 e. The summed E-state index contributed by atoms with van der Waals surface area (Å²) in [6.07, 6.45) is 2.41. The number of rotatable bonds is 4. The molecule has 0 amide bonds. The number of likely N-dealkylation sites (N-methyl/N-ethyl adjacent to an activating group) is 1. The van der Waals surface area contributed by atoms with Gasteiger partial charge in [0, 0.05) is 26.7 Å². The molecule has 1 aliphatic rings. The lowest BCUT2D eigenvalue weighted by atomic mass is 10.3.